The molecule has 0 spiro atoms. The number of hydrogen-bond donors (Lipinski definition) is 1. The van der Waals surface area contributed by atoms with Gasteiger partial charge in [-0.1, -0.05) is 30.3 Å². The molecule has 0 atom stereocenters. The summed E-state index contributed by atoms with van der Waals surface area (Å²) >= 11 is 0. The van der Waals surface area contributed by atoms with Crippen molar-refractivity contribution in [2.45, 2.75) is 45.1 Å². The summed E-state index contributed by atoms with van der Waals surface area (Å²) in [5.41, 5.74) is 6.04. The zero-order valence-corrected chi connectivity index (χ0v) is 20.1. The number of carbonyl (C=O) groups is 1. The second-order valence-corrected chi connectivity index (χ2v) is 9.66. The first-order valence-corrected chi connectivity index (χ1v) is 12.6. The monoisotopic (exact) mass is 466 g/mol. The van der Waals surface area contributed by atoms with Crippen LogP contribution in [0.15, 0.2) is 54.7 Å². The third-order valence-corrected chi connectivity index (χ3v) is 7.09. The number of rotatable bonds is 7. The molecule has 4 aromatic rings. The van der Waals surface area contributed by atoms with Crippen molar-refractivity contribution in [2.24, 2.45) is 0 Å². The van der Waals surface area contributed by atoms with Gasteiger partial charge in [0.15, 0.2) is 11.5 Å². The second-order valence-electron chi connectivity index (χ2n) is 9.66. The van der Waals surface area contributed by atoms with E-state index in [1.807, 2.05) is 31.2 Å². The van der Waals surface area contributed by atoms with Crippen LogP contribution >= 0.6 is 0 Å². The molecule has 178 valence electrons. The van der Waals surface area contributed by atoms with Crippen LogP contribution in [0, 0.1) is 6.92 Å². The van der Waals surface area contributed by atoms with Crippen LogP contribution in [0.5, 0.6) is 0 Å². The van der Waals surface area contributed by atoms with Gasteiger partial charge < -0.3 is 5.32 Å². The molecule has 3 aromatic heterocycles. The van der Waals surface area contributed by atoms with Crippen LogP contribution in [0.1, 0.15) is 58.1 Å². The van der Waals surface area contributed by atoms with Crippen molar-refractivity contribution < 1.29 is 4.79 Å². The lowest BCUT2D eigenvalue weighted by molar-refractivity contribution is 0.0952. The molecule has 1 aromatic carbocycles. The molecule has 2 aliphatic rings. The van der Waals surface area contributed by atoms with Crippen LogP contribution in [0.4, 0.5) is 0 Å². The molecule has 7 nitrogen and oxygen atoms in total. The second kappa shape index (κ2) is 9.23. The summed E-state index contributed by atoms with van der Waals surface area (Å²) in [5.74, 6) is 1.09. The van der Waals surface area contributed by atoms with Gasteiger partial charge in [-0.3, -0.25) is 9.69 Å². The molecular formula is C28H30N6O. The van der Waals surface area contributed by atoms with Crippen molar-refractivity contribution in [3.05, 3.63) is 82.8 Å². The number of hydrogen-bond acceptors (Lipinski definition) is 5. The van der Waals surface area contributed by atoms with E-state index in [4.69, 9.17) is 10.1 Å². The average Bonchev–Trinajstić information content (AvgIpc) is 3.70. The fourth-order valence-corrected chi connectivity index (χ4v) is 5.06. The number of aryl methyl sites for hydroxylation is 1. The number of nitrogens with one attached hydrogen (secondary N) is 1. The summed E-state index contributed by atoms with van der Waals surface area (Å²) in [6.45, 7) is 5.63. The van der Waals surface area contributed by atoms with Crippen molar-refractivity contribution in [1.29, 1.82) is 0 Å². The lowest BCUT2D eigenvalue weighted by atomic mass is 10.00. The maximum absolute atomic E-state index is 13.4. The molecule has 1 fully saturated rings. The van der Waals surface area contributed by atoms with E-state index in [2.05, 4.69) is 39.5 Å². The normalized spacial score (nSPS) is 15.8. The van der Waals surface area contributed by atoms with E-state index < -0.39 is 0 Å². The highest BCUT2D eigenvalue weighted by Gasteiger charge is 2.29. The van der Waals surface area contributed by atoms with Gasteiger partial charge in [0, 0.05) is 44.0 Å². The number of aromatic nitrogens is 4. The van der Waals surface area contributed by atoms with E-state index in [9.17, 15) is 4.79 Å². The number of amides is 1. The van der Waals surface area contributed by atoms with Gasteiger partial charge in [0.05, 0.1) is 16.6 Å². The van der Waals surface area contributed by atoms with Crippen LogP contribution < -0.4 is 5.32 Å². The summed E-state index contributed by atoms with van der Waals surface area (Å²) in [6, 6.07) is 16.4. The molecule has 1 N–H and O–H groups in total. The summed E-state index contributed by atoms with van der Waals surface area (Å²) in [7, 11) is 0. The van der Waals surface area contributed by atoms with Gasteiger partial charge in [-0.15, -0.1) is 0 Å². The number of carbonyl (C=O) groups excluding carboxylic acids is 1. The first-order valence-electron chi connectivity index (χ1n) is 12.6. The van der Waals surface area contributed by atoms with Crippen molar-refractivity contribution in [2.75, 3.05) is 19.6 Å². The number of benzene rings is 1. The third kappa shape index (κ3) is 4.44. The molecule has 0 saturated heterocycles. The molecule has 0 radical (unpaired) electrons. The van der Waals surface area contributed by atoms with Gasteiger partial charge in [0.1, 0.15) is 0 Å². The standard InChI is InChI=1S/C28H30N6O/c1-19-26-23(28(35)30-14-6-15-33-16-12-20-7-2-3-8-22(20)18-33)17-24(21-10-11-21)31-27(26)34(32-19)25-9-4-5-13-29-25/h2-5,7-9,13,17,21H,6,10-12,14-16,18H2,1H3,(H,30,35). The fourth-order valence-electron chi connectivity index (χ4n) is 5.06. The highest BCUT2D eigenvalue weighted by molar-refractivity contribution is 6.06. The van der Waals surface area contributed by atoms with Gasteiger partial charge in [-0.25, -0.2) is 9.97 Å². The van der Waals surface area contributed by atoms with Crippen molar-refractivity contribution in [3.8, 4) is 5.82 Å². The van der Waals surface area contributed by atoms with E-state index in [1.54, 1.807) is 10.9 Å². The summed E-state index contributed by atoms with van der Waals surface area (Å²) in [6.07, 6.45) is 6.01. The predicted molar refractivity (Wildman–Crippen MR) is 136 cm³/mol. The highest BCUT2D eigenvalue weighted by atomic mass is 16.1. The molecular weight excluding hydrogens is 436 g/mol. The summed E-state index contributed by atoms with van der Waals surface area (Å²) in [5, 5.41) is 8.68. The number of nitrogens with zero attached hydrogens (tertiary/aromatic N) is 5. The van der Waals surface area contributed by atoms with Crippen LogP contribution in [0.25, 0.3) is 16.9 Å². The largest absolute Gasteiger partial charge is 0.352 e. The van der Waals surface area contributed by atoms with Crippen LogP contribution in [0.3, 0.4) is 0 Å². The smallest absolute Gasteiger partial charge is 0.252 e. The SMILES string of the molecule is Cc1nn(-c2ccccn2)c2nc(C3CC3)cc(C(=O)NCCCN3CCc4ccccc4C3)c12. The Bertz CT molecular complexity index is 1380. The van der Waals surface area contributed by atoms with Crippen LogP contribution in [-0.4, -0.2) is 50.2 Å². The van der Waals surface area contributed by atoms with Gasteiger partial charge in [-0.05, 0) is 61.9 Å². The molecule has 1 amide bonds. The zero-order valence-electron chi connectivity index (χ0n) is 20.1. The maximum atomic E-state index is 13.4. The highest BCUT2D eigenvalue weighted by Crippen LogP contribution is 2.40. The van der Waals surface area contributed by atoms with E-state index in [1.165, 1.54) is 11.1 Å². The first-order chi connectivity index (χ1) is 17.2. The van der Waals surface area contributed by atoms with Crippen LogP contribution in [-0.2, 0) is 13.0 Å². The molecule has 0 bridgehead atoms. The van der Waals surface area contributed by atoms with E-state index in [-0.39, 0.29) is 5.91 Å². The van der Waals surface area contributed by atoms with Crippen molar-refractivity contribution >= 4 is 16.9 Å². The predicted octanol–water partition coefficient (Wildman–Crippen LogP) is 4.18. The average molecular weight is 467 g/mol. The summed E-state index contributed by atoms with van der Waals surface area (Å²) in [4.78, 5) is 25.2. The van der Waals surface area contributed by atoms with Crippen molar-refractivity contribution in [3.63, 3.8) is 0 Å². The lowest BCUT2D eigenvalue weighted by Gasteiger charge is -2.28. The Kier molecular flexibility index (Phi) is 5.78. The minimum atomic E-state index is -0.0491. The summed E-state index contributed by atoms with van der Waals surface area (Å²) < 4.78 is 1.77. The quantitative estimate of drug-likeness (QED) is 0.414. The Labute approximate surface area is 205 Å². The van der Waals surface area contributed by atoms with Gasteiger partial charge >= 0.3 is 0 Å². The van der Waals surface area contributed by atoms with E-state index >= 15 is 0 Å². The van der Waals surface area contributed by atoms with Crippen LogP contribution in [0.2, 0.25) is 0 Å². The molecule has 4 heterocycles. The molecule has 1 saturated carbocycles. The number of fused-ring (bicyclic) bond motifs is 2. The Morgan fingerprint density at radius 1 is 1.11 bits per heavy atom. The Hall–Kier alpha value is -3.58. The Morgan fingerprint density at radius 2 is 1.94 bits per heavy atom. The minimum Gasteiger partial charge on any atom is -0.352 e. The molecule has 7 heteroatoms. The van der Waals surface area contributed by atoms with E-state index in [0.717, 1.165) is 62.1 Å². The molecule has 1 aliphatic carbocycles. The van der Waals surface area contributed by atoms with Gasteiger partial charge in [-0.2, -0.15) is 9.78 Å². The first kappa shape index (κ1) is 21.9. The fraction of sp³-hybridized carbons (Fsp3) is 0.357. The third-order valence-electron chi connectivity index (χ3n) is 7.09. The van der Waals surface area contributed by atoms with E-state index in [0.29, 0.717) is 29.5 Å². The molecule has 1 aliphatic heterocycles. The Morgan fingerprint density at radius 3 is 2.74 bits per heavy atom. The van der Waals surface area contributed by atoms with Gasteiger partial charge in [0.25, 0.3) is 5.91 Å². The Balaban J connectivity index is 1.18. The maximum Gasteiger partial charge on any atom is 0.252 e. The zero-order chi connectivity index (χ0) is 23.8. The number of pyridine rings is 2. The van der Waals surface area contributed by atoms with Crippen molar-refractivity contribution in [1.82, 2.24) is 30.0 Å². The topological polar surface area (TPSA) is 75.9 Å². The molecule has 0 unspecified atom stereocenters. The minimum absolute atomic E-state index is 0.0491. The molecule has 35 heavy (non-hydrogen) atoms. The van der Waals surface area contributed by atoms with Gasteiger partial charge in [0.2, 0.25) is 0 Å². The molecule has 6 rings (SSSR count). The lowest BCUT2D eigenvalue weighted by Crippen LogP contribution is -2.33.